The molecule has 0 radical (unpaired) electrons. The van der Waals surface area contributed by atoms with Crippen LogP contribution < -0.4 is 5.73 Å². The summed E-state index contributed by atoms with van der Waals surface area (Å²) in [6.45, 7) is 27.2. The highest BCUT2D eigenvalue weighted by Crippen LogP contribution is 2.55. The number of rotatable bonds is 5. The molecule has 8 heteroatoms. The lowest BCUT2D eigenvalue weighted by Gasteiger charge is -2.59. The van der Waals surface area contributed by atoms with Gasteiger partial charge in [-0.2, -0.15) is 0 Å². The fourth-order valence-corrected chi connectivity index (χ4v) is 16.9. The van der Waals surface area contributed by atoms with E-state index < -0.39 is 35.3 Å². The van der Waals surface area contributed by atoms with Crippen LogP contribution >= 0.6 is 0 Å². The monoisotopic (exact) mass is 475 g/mol. The van der Waals surface area contributed by atoms with Gasteiger partial charge in [0.1, 0.15) is 12.2 Å². The van der Waals surface area contributed by atoms with Gasteiger partial charge in [0.2, 0.25) is 8.32 Å². The largest absolute Gasteiger partial charge is 0.409 e. The molecule has 0 bridgehead atoms. The molecule has 0 aromatic carbocycles. The smallest absolute Gasteiger partial charge is 0.349 e. The van der Waals surface area contributed by atoms with Crippen LogP contribution in [-0.4, -0.2) is 59.2 Å². The van der Waals surface area contributed by atoms with Crippen molar-refractivity contribution in [1.82, 2.24) is 0 Å². The van der Waals surface area contributed by atoms with Crippen LogP contribution in [0.25, 0.3) is 0 Å². The maximum absolute atomic E-state index is 10.6. The van der Waals surface area contributed by atoms with E-state index in [9.17, 15) is 5.11 Å². The minimum Gasteiger partial charge on any atom is -0.409 e. The van der Waals surface area contributed by atoms with Crippen LogP contribution in [0.1, 0.15) is 83.1 Å². The molecule has 6 nitrogen and oxygen atoms in total. The third-order valence-electron chi connectivity index (χ3n) is 7.49. The first-order chi connectivity index (χ1) is 13.9. The van der Waals surface area contributed by atoms with Crippen LogP contribution in [0, 0.1) is 0 Å². The number of hydrogen-bond donors (Lipinski definition) is 2. The minimum atomic E-state index is -2.73. The number of aliphatic hydroxyl groups excluding tert-OH is 1. The zero-order valence-corrected chi connectivity index (χ0v) is 24.0. The summed E-state index contributed by atoms with van der Waals surface area (Å²) in [5.74, 6) is 0. The molecule has 0 amide bonds. The summed E-state index contributed by atoms with van der Waals surface area (Å²) in [6, 6.07) is -0.658. The number of nitrogens with two attached hydrogens (primary N) is 1. The van der Waals surface area contributed by atoms with Crippen LogP contribution in [0.15, 0.2) is 0 Å². The van der Waals surface area contributed by atoms with Crippen molar-refractivity contribution in [2.24, 2.45) is 5.73 Å². The molecular weight excluding hydrogens is 426 g/mol. The average Bonchev–Trinajstić information content (AvgIpc) is 2.59. The van der Waals surface area contributed by atoms with Crippen molar-refractivity contribution in [1.29, 1.82) is 0 Å². The van der Waals surface area contributed by atoms with Gasteiger partial charge in [0, 0.05) is 10.1 Å². The van der Waals surface area contributed by atoms with E-state index in [0.29, 0.717) is 23.2 Å². The van der Waals surface area contributed by atoms with Crippen LogP contribution in [0.2, 0.25) is 26.7 Å². The number of aliphatic hydroxyl groups is 1. The lowest BCUT2D eigenvalue weighted by atomic mass is 9.98. The van der Waals surface area contributed by atoms with Gasteiger partial charge in [-0.25, -0.2) is 0 Å². The summed E-state index contributed by atoms with van der Waals surface area (Å²) in [4.78, 5) is 0. The van der Waals surface area contributed by atoms with Gasteiger partial charge in [-0.3, -0.25) is 0 Å². The molecule has 2 aliphatic rings. The maximum Gasteiger partial charge on any atom is 0.349 e. The summed E-state index contributed by atoms with van der Waals surface area (Å²) in [5.41, 5.74) is 7.78. The van der Waals surface area contributed by atoms with Crippen molar-refractivity contribution >= 4 is 16.9 Å². The van der Waals surface area contributed by atoms with Crippen molar-refractivity contribution in [2.45, 2.75) is 140 Å². The lowest BCUT2D eigenvalue weighted by Crippen LogP contribution is -2.74. The molecule has 0 aliphatic carbocycles. The first-order valence-corrected chi connectivity index (χ1v) is 16.0. The summed E-state index contributed by atoms with van der Waals surface area (Å²) in [7, 11) is -4.98. The Labute approximate surface area is 192 Å². The Bertz CT molecular complexity index is 578. The van der Waals surface area contributed by atoms with Crippen molar-refractivity contribution in [3.05, 3.63) is 0 Å². The van der Waals surface area contributed by atoms with Crippen LogP contribution in [0.3, 0.4) is 0 Å². The Balaban J connectivity index is 2.55. The molecule has 0 saturated carbocycles. The van der Waals surface area contributed by atoms with E-state index in [4.69, 9.17) is 23.7 Å². The summed E-state index contributed by atoms with van der Waals surface area (Å²) < 4.78 is 26.6. The van der Waals surface area contributed by atoms with E-state index in [-0.39, 0.29) is 22.3 Å². The molecule has 0 spiro atoms. The van der Waals surface area contributed by atoms with Crippen LogP contribution in [0.5, 0.6) is 0 Å². The molecule has 2 aliphatic heterocycles. The predicted molar refractivity (Wildman–Crippen MR) is 131 cm³/mol. The quantitative estimate of drug-likeness (QED) is 0.541. The van der Waals surface area contributed by atoms with Gasteiger partial charge in [0.15, 0.2) is 6.29 Å². The predicted octanol–water partition coefficient (Wildman–Crippen LogP) is 5.05. The second kappa shape index (κ2) is 9.09. The molecule has 5 atom stereocenters. The Morgan fingerprint density at radius 1 is 0.935 bits per heavy atom. The number of fused-ring (bicyclic) bond motifs is 1. The Morgan fingerprint density at radius 3 is 1.77 bits per heavy atom. The minimum absolute atomic E-state index is 0.149. The van der Waals surface area contributed by atoms with Crippen LogP contribution in [0.4, 0.5) is 0 Å². The van der Waals surface area contributed by atoms with E-state index >= 15 is 0 Å². The molecule has 0 aromatic heterocycles. The van der Waals surface area contributed by atoms with Crippen molar-refractivity contribution in [3.63, 3.8) is 0 Å². The second-order valence-electron chi connectivity index (χ2n) is 12.6. The van der Waals surface area contributed by atoms with Crippen molar-refractivity contribution < 1.29 is 23.1 Å². The molecule has 2 fully saturated rings. The molecule has 2 rings (SSSR count). The van der Waals surface area contributed by atoms with Gasteiger partial charge in [-0.05, 0) is 16.6 Å². The van der Waals surface area contributed by atoms with Crippen molar-refractivity contribution in [2.75, 3.05) is 6.61 Å². The zero-order chi connectivity index (χ0) is 24.2. The highest BCUT2D eigenvalue weighted by molar-refractivity contribution is 6.77. The third kappa shape index (κ3) is 4.60. The second-order valence-corrected chi connectivity index (χ2v) is 22.7. The molecule has 0 unspecified atom stereocenters. The van der Waals surface area contributed by atoms with E-state index in [0.717, 1.165) is 0 Å². The van der Waals surface area contributed by atoms with Crippen molar-refractivity contribution in [3.8, 4) is 0 Å². The Morgan fingerprint density at radius 2 is 1.39 bits per heavy atom. The molecule has 0 aromatic rings. The SMILES string of the molecule is CC(C)[Si](O[C@@H]1[C@@H](N)[C@@H](O)O[C@@H]2CO[Si](C(C)(C)C)(C(C)(C)C)O[C@H]12)(C(C)C)C(C)C. The summed E-state index contributed by atoms with van der Waals surface area (Å²) in [6.07, 6.45) is -2.24. The van der Waals surface area contributed by atoms with E-state index in [1.165, 1.54) is 0 Å². The van der Waals surface area contributed by atoms with E-state index in [1.54, 1.807) is 0 Å². The van der Waals surface area contributed by atoms with Gasteiger partial charge < -0.3 is 28.9 Å². The van der Waals surface area contributed by atoms with Gasteiger partial charge in [-0.15, -0.1) is 0 Å². The molecule has 2 saturated heterocycles. The van der Waals surface area contributed by atoms with E-state index in [1.807, 2.05) is 0 Å². The molecule has 31 heavy (non-hydrogen) atoms. The molecule has 184 valence electrons. The fraction of sp³-hybridized carbons (Fsp3) is 1.00. The Kier molecular flexibility index (Phi) is 8.05. The number of hydrogen-bond acceptors (Lipinski definition) is 6. The maximum atomic E-state index is 10.6. The zero-order valence-electron chi connectivity index (χ0n) is 22.0. The standard InChI is InChI=1S/C23H49NO5Si2/c1-14(2)30(15(3)4,16(5)6)28-20-18(24)21(25)27-17-13-26-31(22(7,8)9,23(10,11)12)29-19(17)20/h14-21,25H,13,24H2,1-12H3/t17-,18-,19+,20-,21+/m1/s1. The highest BCUT2D eigenvalue weighted by atomic mass is 28.4. The van der Waals surface area contributed by atoms with Gasteiger partial charge in [0.05, 0.1) is 18.8 Å². The summed E-state index contributed by atoms with van der Waals surface area (Å²) in [5, 5.41) is 10.3. The third-order valence-corrected chi connectivity index (χ3v) is 18.7. The molecular formula is C23H49NO5Si2. The van der Waals surface area contributed by atoms with Crippen LogP contribution in [-0.2, 0) is 18.0 Å². The first-order valence-electron chi connectivity index (χ1n) is 12.0. The van der Waals surface area contributed by atoms with E-state index in [2.05, 4.69) is 83.1 Å². The van der Waals surface area contributed by atoms with Gasteiger partial charge in [0.25, 0.3) is 0 Å². The Hall–Kier alpha value is 0.194. The molecule has 3 N–H and O–H groups in total. The van der Waals surface area contributed by atoms with Gasteiger partial charge in [-0.1, -0.05) is 83.1 Å². The fourth-order valence-electron chi connectivity index (χ4n) is 6.34. The number of ether oxygens (including phenoxy) is 1. The first kappa shape index (κ1) is 27.4. The summed E-state index contributed by atoms with van der Waals surface area (Å²) >= 11 is 0. The molecule has 2 heterocycles. The topological polar surface area (TPSA) is 83.2 Å². The van der Waals surface area contributed by atoms with Gasteiger partial charge >= 0.3 is 8.56 Å². The highest BCUT2D eigenvalue weighted by Gasteiger charge is 2.65. The lowest BCUT2D eigenvalue weighted by molar-refractivity contribution is -0.259. The normalized spacial score (nSPS) is 32.6. The average molecular weight is 476 g/mol.